The molecule has 0 unspecified atom stereocenters. The van der Waals surface area contributed by atoms with E-state index in [1.807, 2.05) is 13.8 Å². The molecule has 3 heterocycles. The maximum atomic E-state index is 12.4. The lowest BCUT2D eigenvalue weighted by molar-refractivity contribution is 0.0467. The van der Waals surface area contributed by atoms with Crippen molar-refractivity contribution in [1.82, 2.24) is 14.5 Å². The number of aryl methyl sites for hydroxylation is 2. The molecule has 0 saturated heterocycles. The maximum absolute atomic E-state index is 12.4. The van der Waals surface area contributed by atoms with Gasteiger partial charge in [-0.3, -0.25) is 9.20 Å². The van der Waals surface area contributed by atoms with Crippen LogP contribution in [-0.2, 0) is 18.0 Å². The molecular formula is C22H18BrN3O5. The monoisotopic (exact) mass is 483 g/mol. The van der Waals surface area contributed by atoms with Gasteiger partial charge in [-0.25, -0.2) is 9.78 Å². The molecule has 4 rings (SSSR count). The predicted octanol–water partition coefficient (Wildman–Crippen LogP) is 4.00. The number of ether oxygens (including phenoxy) is 2. The smallest absolute Gasteiger partial charge is 0.338 e. The van der Waals surface area contributed by atoms with Crippen molar-refractivity contribution < 1.29 is 18.8 Å². The number of carbonyl (C=O) groups is 1. The first-order valence-corrected chi connectivity index (χ1v) is 10.2. The number of nitrogens with zero attached hydrogens (tertiary/aromatic N) is 3. The zero-order valence-corrected chi connectivity index (χ0v) is 18.4. The third kappa shape index (κ3) is 4.66. The van der Waals surface area contributed by atoms with Gasteiger partial charge >= 0.3 is 5.97 Å². The first-order valence-electron chi connectivity index (χ1n) is 9.40. The Bertz CT molecular complexity index is 1290. The molecule has 0 spiro atoms. The van der Waals surface area contributed by atoms with Crippen LogP contribution in [0.15, 0.2) is 62.5 Å². The van der Waals surface area contributed by atoms with Crippen molar-refractivity contribution in [3.63, 3.8) is 0 Å². The first-order chi connectivity index (χ1) is 14.9. The molecule has 4 aromatic rings. The number of hydrogen-bond donors (Lipinski definition) is 0. The number of esters is 1. The second kappa shape index (κ2) is 8.73. The first kappa shape index (κ1) is 20.8. The molecule has 9 heteroatoms. The standard InChI is InChI=1S/C22H18BrN3O5/c1-13-19(14(2)31-25-13)12-29-18-6-3-15(4-7-18)22(28)30-11-17-9-21(27)26-10-16(23)5-8-20(26)24-17/h3-10H,11-12H2,1-2H3. The minimum absolute atomic E-state index is 0.106. The van der Waals surface area contributed by atoms with Crippen LogP contribution in [0.25, 0.3) is 5.65 Å². The Labute approximate surface area is 185 Å². The quantitative estimate of drug-likeness (QED) is 0.382. The summed E-state index contributed by atoms with van der Waals surface area (Å²) in [4.78, 5) is 28.9. The van der Waals surface area contributed by atoms with Gasteiger partial charge in [0.15, 0.2) is 0 Å². The predicted molar refractivity (Wildman–Crippen MR) is 115 cm³/mol. The van der Waals surface area contributed by atoms with Crippen LogP contribution in [0, 0.1) is 13.8 Å². The van der Waals surface area contributed by atoms with Gasteiger partial charge in [0.2, 0.25) is 0 Å². The van der Waals surface area contributed by atoms with Crippen molar-refractivity contribution >= 4 is 27.5 Å². The Morgan fingerprint density at radius 3 is 2.61 bits per heavy atom. The van der Waals surface area contributed by atoms with Crippen LogP contribution in [0.3, 0.4) is 0 Å². The number of halogens is 1. The molecule has 0 amide bonds. The summed E-state index contributed by atoms with van der Waals surface area (Å²) in [6.07, 6.45) is 1.63. The van der Waals surface area contributed by atoms with Crippen LogP contribution in [-0.4, -0.2) is 20.5 Å². The number of carbonyl (C=O) groups excluding carboxylic acids is 1. The molecule has 158 valence electrons. The average Bonchev–Trinajstić information content (AvgIpc) is 3.08. The van der Waals surface area contributed by atoms with E-state index in [-0.39, 0.29) is 12.2 Å². The summed E-state index contributed by atoms with van der Waals surface area (Å²) in [5.41, 5.74) is 2.65. The SMILES string of the molecule is Cc1noc(C)c1COc1ccc(C(=O)OCc2cc(=O)n3cc(Br)ccc3n2)cc1. The van der Waals surface area contributed by atoms with E-state index in [1.54, 1.807) is 42.6 Å². The molecule has 0 aliphatic heterocycles. The summed E-state index contributed by atoms with van der Waals surface area (Å²) in [7, 11) is 0. The van der Waals surface area contributed by atoms with Gasteiger partial charge in [0.1, 0.15) is 30.4 Å². The molecule has 0 N–H and O–H groups in total. The van der Waals surface area contributed by atoms with E-state index in [9.17, 15) is 9.59 Å². The number of hydrogen-bond acceptors (Lipinski definition) is 7. The number of rotatable bonds is 6. The van der Waals surface area contributed by atoms with E-state index in [0.717, 1.165) is 15.7 Å². The molecule has 0 radical (unpaired) electrons. The van der Waals surface area contributed by atoms with Crippen LogP contribution in [0.2, 0.25) is 0 Å². The Morgan fingerprint density at radius 2 is 1.90 bits per heavy atom. The van der Waals surface area contributed by atoms with Crippen molar-refractivity contribution in [2.75, 3.05) is 0 Å². The molecule has 0 atom stereocenters. The minimum Gasteiger partial charge on any atom is -0.489 e. The van der Waals surface area contributed by atoms with Crippen LogP contribution in [0.1, 0.15) is 33.1 Å². The minimum atomic E-state index is -0.518. The Balaban J connectivity index is 1.38. The lowest BCUT2D eigenvalue weighted by atomic mass is 10.2. The van der Waals surface area contributed by atoms with Gasteiger partial charge in [0.25, 0.3) is 5.56 Å². The third-order valence-corrected chi connectivity index (χ3v) is 5.15. The largest absolute Gasteiger partial charge is 0.489 e. The van der Waals surface area contributed by atoms with E-state index in [2.05, 4.69) is 26.1 Å². The average molecular weight is 484 g/mol. The third-order valence-electron chi connectivity index (χ3n) is 4.68. The lowest BCUT2D eigenvalue weighted by Crippen LogP contribution is -2.16. The molecular weight excluding hydrogens is 466 g/mol. The van der Waals surface area contributed by atoms with Gasteiger partial charge in [-0.05, 0) is 66.2 Å². The second-order valence-corrected chi connectivity index (χ2v) is 7.77. The van der Waals surface area contributed by atoms with Crippen molar-refractivity contribution in [2.24, 2.45) is 0 Å². The second-order valence-electron chi connectivity index (χ2n) is 6.85. The summed E-state index contributed by atoms with van der Waals surface area (Å²) in [5.74, 6) is 0.800. The van der Waals surface area contributed by atoms with Gasteiger partial charge < -0.3 is 14.0 Å². The number of fused-ring (bicyclic) bond motifs is 1. The van der Waals surface area contributed by atoms with Gasteiger partial charge in [-0.1, -0.05) is 5.16 Å². The Hall–Kier alpha value is -3.46. The Kier molecular flexibility index (Phi) is 5.85. The highest BCUT2D eigenvalue weighted by Gasteiger charge is 2.12. The Morgan fingerprint density at radius 1 is 1.13 bits per heavy atom. The van der Waals surface area contributed by atoms with E-state index in [1.165, 1.54) is 10.5 Å². The highest BCUT2D eigenvalue weighted by Crippen LogP contribution is 2.18. The summed E-state index contributed by atoms with van der Waals surface area (Å²) < 4.78 is 18.3. The summed E-state index contributed by atoms with van der Waals surface area (Å²) in [6.45, 7) is 3.90. The fraction of sp³-hybridized carbons (Fsp3) is 0.182. The van der Waals surface area contributed by atoms with Gasteiger partial charge in [0, 0.05) is 16.7 Å². The molecule has 0 bridgehead atoms. The summed E-state index contributed by atoms with van der Waals surface area (Å²) in [6, 6.07) is 11.4. The topological polar surface area (TPSA) is 95.9 Å². The number of pyridine rings is 1. The van der Waals surface area contributed by atoms with Crippen LogP contribution >= 0.6 is 15.9 Å². The van der Waals surface area contributed by atoms with Crippen LogP contribution in [0.5, 0.6) is 5.75 Å². The molecule has 31 heavy (non-hydrogen) atoms. The lowest BCUT2D eigenvalue weighted by Gasteiger charge is -2.08. The molecule has 1 aromatic carbocycles. The van der Waals surface area contributed by atoms with Crippen molar-refractivity contribution in [3.8, 4) is 5.75 Å². The highest BCUT2D eigenvalue weighted by molar-refractivity contribution is 9.10. The molecule has 0 aliphatic rings. The van der Waals surface area contributed by atoms with Crippen molar-refractivity contribution in [2.45, 2.75) is 27.1 Å². The number of aromatic nitrogens is 3. The molecule has 0 fully saturated rings. The van der Waals surface area contributed by atoms with Gasteiger partial charge in [0.05, 0.1) is 22.5 Å². The normalized spacial score (nSPS) is 10.9. The highest BCUT2D eigenvalue weighted by atomic mass is 79.9. The van der Waals surface area contributed by atoms with Crippen molar-refractivity contribution in [1.29, 1.82) is 0 Å². The van der Waals surface area contributed by atoms with Gasteiger partial charge in [-0.2, -0.15) is 0 Å². The zero-order valence-electron chi connectivity index (χ0n) is 16.8. The molecule has 8 nitrogen and oxygen atoms in total. The van der Waals surface area contributed by atoms with E-state index in [0.29, 0.717) is 35.0 Å². The fourth-order valence-corrected chi connectivity index (χ4v) is 3.31. The van der Waals surface area contributed by atoms with E-state index < -0.39 is 5.97 Å². The summed E-state index contributed by atoms with van der Waals surface area (Å²) >= 11 is 3.32. The van der Waals surface area contributed by atoms with Crippen molar-refractivity contribution in [3.05, 3.63) is 91.8 Å². The maximum Gasteiger partial charge on any atom is 0.338 e. The number of benzene rings is 1. The fourth-order valence-electron chi connectivity index (χ4n) is 2.97. The van der Waals surface area contributed by atoms with E-state index >= 15 is 0 Å². The summed E-state index contributed by atoms with van der Waals surface area (Å²) in [5, 5.41) is 3.89. The van der Waals surface area contributed by atoms with Crippen LogP contribution < -0.4 is 10.3 Å². The van der Waals surface area contributed by atoms with Crippen LogP contribution in [0.4, 0.5) is 0 Å². The zero-order chi connectivity index (χ0) is 22.0. The molecule has 3 aromatic heterocycles. The van der Waals surface area contributed by atoms with E-state index in [4.69, 9.17) is 14.0 Å². The van der Waals surface area contributed by atoms with Gasteiger partial charge in [-0.15, -0.1) is 0 Å². The molecule has 0 saturated carbocycles. The molecule has 0 aliphatic carbocycles.